The van der Waals surface area contributed by atoms with Gasteiger partial charge in [-0.3, -0.25) is 9.59 Å². The molecular weight excluding hydrogens is 314 g/mol. The number of carbonyl (C=O) groups is 2. The lowest BCUT2D eigenvalue weighted by molar-refractivity contribution is -0.117. The average Bonchev–Trinajstić information content (AvgIpc) is 3.24. The number of carbonyl (C=O) groups excluding carboxylic acids is 2. The maximum absolute atomic E-state index is 12.7. The topological polar surface area (TPSA) is 61.4 Å². The summed E-state index contributed by atoms with van der Waals surface area (Å²) in [6.07, 6.45) is 7.38. The zero-order valence-electron chi connectivity index (χ0n) is 14.7. The van der Waals surface area contributed by atoms with Crippen molar-refractivity contribution in [1.82, 2.24) is 10.2 Å². The Morgan fingerprint density at radius 3 is 2.48 bits per heavy atom. The highest BCUT2D eigenvalue weighted by molar-refractivity contribution is 6.03. The summed E-state index contributed by atoms with van der Waals surface area (Å²) in [7, 11) is 0. The number of nitrogens with zero attached hydrogens (tertiary/aromatic N) is 1. The molecule has 0 aliphatic carbocycles. The summed E-state index contributed by atoms with van der Waals surface area (Å²) in [5.74, 6) is 0.529. The fourth-order valence-electron chi connectivity index (χ4n) is 4.67. The number of piperidine rings is 1. The smallest absolute Gasteiger partial charge is 0.255 e. The van der Waals surface area contributed by atoms with Gasteiger partial charge in [-0.05, 0) is 56.6 Å². The third kappa shape index (κ3) is 3.71. The van der Waals surface area contributed by atoms with Gasteiger partial charge in [0.05, 0.1) is 11.3 Å². The molecule has 4 rings (SSSR count). The first-order valence-corrected chi connectivity index (χ1v) is 9.63. The summed E-state index contributed by atoms with van der Waals surface area (Å²) < 4.78 is 0. The highest BCUT2D eigenvalue weighted by Gasteiger charge is 2.34. The van der Waals surface area contributed by atoms with Crippen molar-refractivity contribution in [2.45, 2.75) is 57.0 Å². The van der Waals surface area contributed by atoms with E-state index in [1.165, 1.54) is 12.8 Å². The molecule has 0 spiro atoms. The molecule has 2 atom stereocenters. The molecule has 2 bridgehead atoms. The molecular formula is C20H27N3O2. The van der Waals surface area contributed by atoms with E-state index < -0.39 is 0 Å². The van der Waals surface area contributed by atoms with Gasteiger partial charge in [-0.15, -0.1) is 0 Å². The maximum atomic E-state index is 12.7. The van der Waals surface area contributed by atoms with E-state index in [1.807, 2.05) is 29.2 Å². The molecule has 0 aromatic heterocycles. The Hall–Kier alpha value is -1.88. The quantitative estimate of drug-likeness (QED) is 0.885. The molecule has 2 amide bonds. The first-order chi connectivity index (χ1) is 12.2. The Kier molecular flexibility index (Phi) is 4.75. The average molecular weight is 341 g/mol. The molecule has 2 unspecified atom stereocenters. The Morgan fingerprint density at radius 1 is 1.08 bits per heavy atom. The predicted molar refractivity (Wildman–Crippen MR) is 97.5 cm³/mol. The predicted octanol–water partition coefficient (Wildman–Crippen LogP) is 2.78. The molecule has 1 aromatic rings. The van der Waals surface area contributed by atoms with Crippen LogP contribution in [0.3, 0.4) is 0 Å². The summed E-state index contributed by atoms with van der Waals surface area (Å²) in [4.78, 5) is 27.1. The Bertz CT molecular complexity index is 642. The Morgan fingerprint density at radius 2 is 1.76 bits per heavy atom. The molecule has 3 heterocycles. The molecule has 3 fully saturated rings. The first kappa shape index (κ1) is 16.6. The highest BCUT2D eigenvalue weighted by atomic mass is 16.2. The standard InChI is InChI=1S/C20H27N3O2/c24-19(13-14-11-15-7-8-16(12-14)21-15)22-18-6-2-1-5-17(18)20(25)23-9-3-4-10-23/h1-2,5-6,14-16,21H,3-4,7-13H2,(H,22,24). The number of nitrogens with one attached hydrogen (secondary N) is 2. The molecule has 3 saturated heterocycles. The molecule has 3 aliphatic heterocycles. The highest BCUT2D eigenvalue weighted by Crippen LogP contribution is 2.33. The molecule has 134 valence electrons. The van der Waals surface area contributed by atoms with Gasteiger partial charge in [-0.1, -0.05) is 12.1 Å². The van der Waals surface area contributed by atoms with Crippen LogP contribution in [0.25, 0.3) is 0 Å². The zero-order valence-corrected chi connectivity index (χ0v) is 14.7. The lowest BCUT2D eigenvalue weighted by atomic mass is 9.89. The number of benzene rings is 1. The van der Waals surface area contributed by atoms with Crippen LogP contribution in [0.4, 0.5) is 5.69 Å². The van der Waals surface area contributed by atoms with Crippen LogP contribution in [0.2, 0.25) is 0 Å². The van der Waals surface area contributed by atoms with Gasteiger partial charge in [-0.2, -0.15) is 0 Å². The van der Waals surface area contributed by atoms with Crippen molar-refractivity contribution in [3.63, 3.8) is 0 Å². The molecule has 0 radical (unpaired) electrons. The van der Waals surface area contributed by atoms with Crippen LogP contribution in [0.15, 0.2) is 24.3 Å². The lowest BCUT2D eigenvalue weighted by Crippen LogP contribution is -2.39. The van der Waals surface area contributed by atoms with Crippen molar-refractivity contribution in [2.75, 3.05) is 18.4 Å². The zero-order chi connectivity index (χ0) is 17.2. The van der Waals surface area contributed by atoms with E-state index in [0.29, 0.717) is 35.7 Å². The molecule has 0 saturated carbocycles. The van der Waals surface area contributed by atoms with Crippen LogP contribution in [0.5, 0.6) is 0 Å². The molecule has 1 aromatic carbocycles. The molecule has 5 heteroatoms. The number of amides is 2. The molecule has 3 aliphatic rings. The molecule has 2 N–H and O–H groups in total. The summed E-state index contributed by atoms with van der Waals surface area (Å²) in [6.45, 7) is 1.64. The van der Waals surface area contributed by atoms with E-state index in [0.717, 1.165) is 38.8 Å². The van der Waals surface area contributed by atoms with Gasteiger partial charge in [-0.25, -0.2) is 0 Å². The van der Waals surface area contributed by atoms with E-state index >= 15 is 0 Å². The number of hydrogen-bond donors (Lipinski definition) is 2. The van der Waals surface area contributed by atoms with Gasteiger partial charge in [0.15, 0.2) is 0 Å². The van der Waals surface area contributed by atoms with Crippen molar-refractivity contribution in [2.24, 2.45) is 5.92 Å². The number of para-hydroxylation sites is 1. The second-order valence-corrected chi connectivity index (χ2v) is 7.77. The minimum Gasteiger partial charge on any atom is -0.339 e. The summed E-state index contributed by atoms with van der Waals surface area (Å²) >= 11 is 0. The van der Waals surface area contributed by atoms with Gasteiger partial charge < -0.3 is 15.5 Å². The van der Waals surface area contributed by atoms with E-state index in [4.69, 9.17) is 0 Å². The minimum atomic E-state index is 0.0352. The van der Waals surface area contributed by atoms with Crippen molar-refractivity contribution in [1.29, 1.82) is 0 Å². The lowest BCUT2D eigenvalue weighted by Gasteiger charge is -2.28. The second kappa shape index (κ2) is 7.16. The third-order valence-corrected chi connectivity index (χ3v) is 5.87. The Balaban J connectivity index is 1.40. The van der Waals surface area contributed by atoms with Crippen LogP contribution in [0, 0.1) is 5.92 Å². The van der Waals surface area contributed by atoms with Gasteiger partial charge >= 0.3 is 0 Å². The van der Waals surface area contributed by atoms with Gasteiger partial charge in [0.1, 0.15) is 0 Å². The largest absolute Gasteiger partial charge is 0.339 e. The van der Waals surface area contributed by atoms with E-state index in [9.17, 15) is 9.59 Å². The van der Waals surface area contributed by atoms with Gasteiger partial charge in [0.2, 0.25) is 5.91 Å². The van der Waals surface area contributed by atoms with E-state index in [2.05, 4.69) is 10.6 Å². The van der Waals surface area contributed by atoms with E-state index in [1.54, 1.807) is 0 Å². The van der Waals surface area contributed by atoms with Crippen LogP contribution < -0.4 is 10.6 Å². The normalized spacial score (nSPS) is 28.2. The fraction of sp³-hybridized carbons (Fsp3) is 0.600. The maximum Gasteiger partial charge on any atom is 0.255 e. The van der Waals surface area contributed by atoms with Gasteiger partial charge in [0.25, 0.3) is 5.91 Å². The van der Waals surface area contributed by atoms with Crippen molar-refractivity contribution in [3.8, 4) is 0 Å². The third-order valence-electron chi connectivity index (χ3n) is 5.87. The minimum absolute atomic E-state index is 0.0352. The fourth-order valence-corrected chi connectivity index (χ4v) is 4.67. The molecule has 5 nitrogen and oxygen atoms in total. The Labute approximate surface area is 149 Å². The first-order valence-electron chi connectivity index (χ1n) is 9.63. The summed E-state index contributed by atoms with van der Waals surface area (Å²) in [6, 6.07) is 8.60. The van der Waals surface area contributed by atoms with Crippen molar-refractivity contribution in [3.05, 3.63) is 29.8 Å². The SMILES string of the molecule is O=C(CC1CC2CCC(C1)N2)Nc1ccccc1C(=O)N1CCCC1. The summed E-state index contributed by atoms with van der Waals surface area (Å²) in [5.41, 5.74) is 1.27. The van der Waals surface area contributed by atoms with E-state index in [-0.39, 0.29) is 11.8 Å². The van der Waals surface area contributed by atoms with Crippen LogP contribution in [0.1, 0.15) is 55.3 Å². The van der Waals surface area contributed by atoms with Crippen LogP contribution in [-0.4, -0.2) is 41.9 Å². The van der Waals surface area contributed by atoms with Crippen molar-refractivity contribution >= 4 is 17.5 Å². The molecule has 25 heavy (non-hydrogen) atoms. The van der Waals surface area contributed by atoms with Crippen molar-refractivity contribution < 1.29 is 9.59 Å². The number of rotatable bonds is 4. The van der Waals surface area contributed by atoms with Crippen LogP contribution >= 0.6 is 0 Å². The number of likely N-dealkylation sites (tertiary alicyclic amines) is 1. The number of hydrogen-bond acceptors (Lipinski definition) is 3. The van der Waals surface area contributed by atoms with Gasteiger partial charge in [0, 0.05) is 31.6 Å². The monoisotopic (exact) mass is 341 g/mol. The number of anilines is 1. The van der Waals surface area contributed by atoms with Crippen LogP contribution in [-0.2, 0) is 4.79 Å². The number of fused-ring (bicyclic) bond motifs is 2. The summed E-state index contributed by atoms with van der Waals surface area (Å²) in [5, 5.41) is 6.62. The second-order valence-electron chi connectivity index (χ2n) is 7.77.